The van der Waals surface area contributed by atoms with E-state index in [0.29, 0.717) is 6.04 Å². The van der Waals surface area contributed by atoms with E-state index in [1.165, 1.54) is 25.7 Å². The van der Waals surface area contributed by atoms with Crippen molar-refractivity contribution in [3.05, 3.63) is 12.7 Å². The minimum absolute atomic E-state index is 0.423. The zero-order chi connectivity index (χ0) is 11.8. The SMILES string of the molecule is C=CCN(CCOC)CC1CCCC(N)C1. The third-order valence-electron chi connectivity index (χ3n) is 3.34. The Hall–Kier alpha value is -0.380. The van der Waals surface area contributed by atoms with Crippen molar-refractivity contribution in [2.75, 3.05) is 33.4 Å². The molecule has 1 rings (SSSR count). The standard InChI is InChI=1S/C13H26N2O/c1-3-7-15(8-9-16-2)11-12-5-4-6-13(14)10-12/h3,12-13H,1,4-11,14H2,2H3. The van der Waals surface area contributed by atoms with Crippen molar-refractivity contribution in [1.82, 2.24) is 4.90 Å². The number of ether oxygens (including phenoxy) is 1. The van der Waals surface area contributed by atoms with Crippen molar-refractivity contribution in [1.29, 1.82) is 0 Å². The van der Waals surface area contributed by atoms with Gasteiger partial charge in [0.1, 0.15) is 0 Å². The lowest BCUT2D eigenvalue weighted by Crippen LogP contribution is -2.37. The molecule has 2 N–H and O–H groups in total. The molecular weight excluding hydrogens is 200 g/mol. The van der Waals surface area contributed by atoms with Gasteiger partial charge in [0.25, 0.3) is 0 Å². The van der Waals surface area contributed by atoms with Crippen LogP contribution >= 0.6 is 0 Å². The Kier molecular flexibility index (Phi) is 6.69. The third kappa shape index (κ3) is 5.10. The molecule has 0 saturated heterocycles. The summed E-state index contributed by atoms with van der Waals surface area (Å²) in [5.41, 5.74) is 6.01. The van der Waals surface area contributed by atoms with Gasteiger partial charge in [-0.3, -0.25) is 4.90 Å². The summed E-state index contributed by atoms with van der Waals surface area (Å²) < 4.78 is 5.13. The molecule has 0 amide bonds. The van der Waals surface area contributed by atoms with Crippen LogP contribution in [0.4, 0.5) is 0 Å². The minimum Gasteiger partial charge on any atom is -0.383 e. The maximum atomic E-state index is 6.01. The van der Waals surface area contributed by atoms with E-state index < -0.39 is 0 Å². The van der Waals surface area contributed by atoms with Gasteiger partial charge in [-0.2, -0.15) is 0 Å². The minimum atomic E-state index is 0.423. The molecule has 0 bridgehead atoms. The molecule has 0 heterocycles. The van der Waals surface area contributed by atoms with Crippen LogP contribution in [0.15, 0.2) is 12.7 Å². The summed E-state index contributed by atoms with van der Waals surface area (Å²) in [5, 5.41) is 0. The Morgan fingerprint density at radius 2 is 2.31 bits per heavy atom. The molecule has 16 heavy (non-hydrogen) atoms. The molecule has 0 aromatic rings. The lowest BCUT2D eigenvalue weighted by molar-refractivity contribution is 0.135. The number of hydrogen-bond donors (Lipinski definition) is 1. The molecule has 3 heteroatoms. The molecule has 0 aliphatic heterocycles. The molecule has 2 unspecified atom stereocenters. The number of nitrogens with zero attached hydrogens (tertiary/aromatic N) is 1. The van der Waals surface area contributed by atoms with Crippen molar-refractivity contribution < 1.29 is 4.74 Å². The van der Waals surface area contributed by atoms with Crippen molar-refractivity contribution in [2.24, 2.45) is 11.7 Å². The Balaban J connectivity index is 2.31. The number of nitrogens with two attached hydrogens (primary N) is 1. The molecule has 0 aromatic carbocycles. The Labute approximate surface area is 99.6 Å². The van der Waals surface area contributed by atoms with Crippen molar-refractivity contribution in [2.45, 2.75) is 31.7 Å². The second kappa shape index (κ2) is 7.82. The van der Waals surface area contributed by atoms with E-state index in [-0.39, 0.29) is 0 Å². The molecular formula is C13H26N2O. The van der Waals surface area contributed by atoms with Gasteiger partial charge in [0.15, 0.2) is 0 Å². The highest BCUT2D eigenvalue weighted by atomic mass is 16.5. The van der Waals surface area contributed by atoms with Gasteiger partial charge < -0.3 is 10.5 Å². The van der Waals surface area contributed by atoms with Crippen LogP contribution in [0.5, 0.6) is 0 Å². The van der Waals surface area contributed by atoms with E-state index in [2.05, 4.69) is 11.5 Å². The van der Waals surface area contributed by atoms with E-state index in [1.54, 1.807) is 7.11 Å². The highest BCUT2D eigenvalue weighted by Gasteiger charge is 2.20. The van der Waals surface area contributed by atoms with Gasteiger partial charge in [-0.1, -0.05) is 12.5 Å². The second-order valence-electron chi connectivity index (χ2n) is 4.83. The van der Waals surface area contributed by atoms with Gasteiger partial charge in [-0.25, -0.2) is 0 Å². The van der Waals surface area contributed by atoms with Gasteiger partial charge in [0, 0.05) is 32.8 Å². The molecule has 0 spiro atoms. The van der Waals surface area contributed by atoms with E-state index in [9.17, 15) is 0 Å². The zero-order valence-electron chi connectivity index (χ0n) is 10.5. The van der Waals surface area contributed by atoms with E-state index in [0.717, 1.165) is 32.2 Å². The largest absolute Gasteiger partial charge is 0.383 e. The molecule has 94 valence electrons. The van der Waals surface area contributed by atoms with Gasteiger partial charge in [0.2, 0.25) is 0 Å². The molecule has 0 aromatic heterocycles. The van der Waals surface area contributed by atoms with Crippen LogP contribution in [0, 0.1) is 5.92 Å². The van der Waals surface area contributed by atoms with Crippen molar-refractivity contribution in [3.8, 4) is 0 Å². The number of methoxy groups -OCH3 is 1. The van der Waals surface area contributed by atoms with E-state index in [1.807, 2.05) is 6.08 Å². The van der Waals surface area contributed by atoms with Crippen LogP contribution in [-0.4, -0.2) is 44.3 Å². The fourth-order valence-corrected chi connectivity index (χ4v) is 2.52. The maximum absolute atomic E-state index is 6.01. The molecule has 3 nitrogen and oxygen atoms in total. The van der Waals surface area contributed by atoms with Crippen LogP contribution in [0.2, 0.25) is 0 Å². The molecule has 1 fully saturated rings. The summed E-state index contributed by atoms with van der Waals surface area (Å²) in [6, 6.07) is 0.423. The average Bonchev–Trinajstić information content (AvgIpc) is 2.26. The number of rotatable bonds is 7. The van der Waals surface area contributed by atoms with Crippen LogP contribution in [0.1, 0.15) is 25.7 Å². The van der Waals surface area contributed by atoms with E-state index in [4.69, 9.17) is 10.5 Å². The molecule has 1 saturated carbocycles. The second-order valence-corrected chi connectivity index (χ2v) is 4.83. The summed E-state index contributed by atoms with van der Waals surface area (Å²) in [4.78, 5) is 2.42. The predicted octanol–water partition coefficient (Wildman–Crippen LogP) is 1.64. The monoisotopic (exact) mass is 226 g/mol. The van der Waals surface area contributed by atoms with Crippen LogP contribution in [0.25, 0.3) is 0 Å². The van der Waals surface area contributed by atoms with E-state index >= 15 is 0 Å². The molecule has 1 aliphatic rings. The zero-order valence-corrected chi connectivity index (χ0v) is 10.5. The summed E-state index contributed by atoms with van der Waals surface area (Å²) in [6.07, 6.45) is 6.97. The molecule has 2 atom stereocenters. The lowest BCUT2D eigenvalue weighted by atomic mass is 9.86. The molecule has 1 aliphatic carbocycles. The van der Waals surface area contributed by atoms with Crippen LogP contribution in [0.3, 0.4) is 0 Å². The Morgan fingerprint density at radius 1 is 1.50 bits per heavy atom. The molecule has 0 radical (unpaired) electrons. The predicted molar refractivity (Wildman–Crippen MR) is 68.4 cm³/mol. The quantitative estimate of drug-likeness (QED) is 0.671. The average molecular weight is 226 g/mol. The Bertz CT molecular complexity index is 196. The van der Waals surface area contributed by atoms with Crippen LogP contribution in [-0.2, 0) is 4.74 Å². The van der Waals surface area contributed by atoms with Gasteiger partial charge in [-0.15, -0.1) is 6.58 Å². The first-order chi connectivity index (χ1) is 7.76. The van der Waals surface area contributed by atoms with Crippen molar-refractivity contribution >= 4 is 0 Å². The summed E-state index contributed by atoms with van der Waals surface area (Å²) in [6.45, 7) is 7.70. The van der Waals surface area contributed by atoms with Gasteiger partial charge in [0.05, 0.1) is 6.61 Å². The summed E-state index contributed by atoms with van der Waals surface area (Å²) in [7, 11) is 1.75. The fraction of sp³-hybridized carbons (Fsp3) is 0.846. The highest BCUT2D eigenvalue weighted by molar-refractivity contribution is 4.80. The normalized spacial score (nSPS) is 25.9. The summed E-state index contributed by atoms with van der Waals surface area (Å²) in [5.74, 6) is 0.764. The van der Waals surface area contributed by atoms with Gasteiger partial charge in [-0.05, 0) is 25.2 Å². The first-order valence-corrected chi connectivity index (χ1v) is 6.34. The van der Waals surface area contributed by atoms with Gasteiger partial charge >= 0.3 is 0 Å². The topological polar surface area (TPSA) is 38.5 Å². The maximum Gasteiger partial charge on any atom is 0.0589 e. The highest BCUT2D eigenvalue weighted by Crippen LogP contribution is 2.23. The van der Waals surface area contributed by atoms with Crippen LogP contribution < -0.4 is 5.73 Å². The Morgan fingerprint density at radius 3 is 2.94 bits per heavy atom. The fourth-order valence-electron chi connectivity index (χ4n) is 2.52. The third-order valence-corrected chi connectivity index (χ3v) is 3.34. The smallest absolute Gasteiger partial charge is 0.0589 e. The summed E-state index contributed by atoms with van der Waals surface area (Å²) >= 11 is 0. The van der Waals surface area contributed by atoms with Crippen molar-refractivity contribution in [3.63, 3.8) is 0 Å². The first-order valence-electron chi connectivity index (χ1n) is 6.34. The number of hydrogen-bond acceptors (Lipinski definition) is 3. The lowest BCUT2D eigenvalue weighted by Gasteiger charge is -2.31. The first kappa shape index (κ1) is 13.7.